The normalized spacial score (nSPS) is 9.31. The molecule has 5 nitrogen and oxygen atoms in total. The van der Waals surface area contributed by atoms with Crippen molar-refractivity contribution in [2.24, 2.45) is 0 Å². The summed E-state index contributed by atoms with van der Waals surface area (Å²) in [5.74, 6) is -0.295. The Labute approximate surface area is 96.6 Å². The van der Waals surface area contributed by atoms with Crippen LogP contribution in [0.3, 0.4) is 0 Å². The van der Waals surface area contributed by atoms with Gasteiger partial charge < -0.3 is 5.32 Å². The van der Waals surface area contributed by atoms with E-state index in [0.29, 0.717) is 0 Å². The molecule has 0 atom stereocenters. The molecule has 0 aliphatic heterocycles. The van der Waals surface area contributed by atoms with Crippen LogP contribution in [0.5, 0.6) is 0 Å². The molecule has 0 bridgehead atoms. The van der Waals surface area contributed by atoms with Crippen LogP contribution in [0.1, 0.15) is 0 Å². The van der Waals surface area contributed by atoms with E-state index < -0.39 is 10.1 Å². The molecule has 0 saturated carbocycles. The highest BCUT2D eigenvalue weighted by molar-refractivity contribution is 7.86. The van der Waals surface area contributed by atoms with Gasteiger partial charge in [-0.2, -0.15) is 8.42 Å². The number of hydrogen-bond donors (Lipinski definition) is 1. The standard InChI is InChI=1S/C6H10O3S.C4H7NO/c1-3-5-9-10(7,8)6-4-2;1-3-4(6)5-2/h3-4H,1-2,5-6H2;3H,1H2,2H3,(H,5,6). The van der Waals surface area contributed by atoms with Gasteiger partial charge in [0.2, 0.25) is 5.91 Å². The minimum Gasteiger partial charge on any atom is -0.356 e. The summed E-state index contributed by atoms with van der Waals surface area (Å²) in [6, 6.07) is 0. The lowest BCUT2D eigenvalue weighted by Gasteiger charge is -1.97. The van der Waals surface area contributed by atoms with Gasteiger partial charge in [0.05, 0.1) is 12.4 Å². The van der Waals surface area contributed by atoms with Gasteiger partial charge in [-0.15, -0.1) is 13.2 Å². The van der Waals surface area contributed by atoms with Gasteiger partial charge in [0, 0.05) is 7.05 Å². The topological polar surface area (TPSA) is 72.5 Å². The number of carbonyl (C=O) groups excluding carboxylic acids is 1. The third-order valence-electron chi connectivity index (χ3n) is 1.12. The second-order valence-electron chi connectivity index (χ2n) is 2.40. The zero-order chi connectivity index (χ0) is 13.0. The van der Waals surface area contributed by atoms with Crippen LogP contribution in [0.25, 0.3) is 0 Å². The summed E-state index contributed by atoms with van der Waals surface area (Å²) in [6.07, 6.45) is 3.87. The van der Waals surface area contributed by atoms with E-state index in [2.05, 4.69) is 29.2 Å². The van der Waals surface area contributed by atoms with Crippen molar-refractivity contribution in [3.63, 3.8) is 0 Å². The molecule has 1 amide bonds. The highest BCUT2D eigenvalue weighted by Gasteiger charge is 2.05. The molecular formula is C10H17NO4S. The van der Waals surface area contributed by atoms with E-state index >= 15 is 0 Å². The van der Waals surface area contributed by atoms with Crippen LogP contribution in [0.4, 0.5) is 0 Å². The van der Waals surface area contributed by atoms with Crippen molar-refractivity contribution >= 4 is 16.0 Å². The van der Waals surface area contributed by atoms with Crippen LogP contribution in [-0.4, -0.2) is 33.7 Å². The first kappa shape index (κ1) is 17.0. The molecule has 0 fully saturated rings. The first-order valence-electron chi connectivity index (χ1n) is 4.36. The summed E-state index contributed by atoms with van der Waals surface area (Å²) in [7, 11) is -1.82. The second-order valence-corrected chi connectivity index (χ2v) is 4.09. The average Bonchev–Trinajstić information content (AvgIpc) is 2.26. The van der Waals surface area contributed by atoms with E-state index in [1.54, 1.807) is 7.05 Å². The minimum atomic E-state index is -3.38. The molecule has 0 aromatic heterocycles. The molecule has 0 aromatic rings. The Hall–Kier alpha value is -1.40. The fourth-order valence-electron chi connectivity index (χ4n) is 0.446. The lowest BCUT2D eigenvalue weighted by Crippen LogP contribution is -2.13. The monoisotopic (exact) mass is 247 g/mol. The number of carbonyl (C=O) groups is 1. The van der Waals surface area contributed by atoms with Gasteiger partial charge in [0.15, 0.2) is 0 Å². The summed E-state index contributed by atoms with van der Waals surface area (Å²) >= 11 is 0. The van der Waals surface area contributed by atoms with Gasteiger partial charge in [-0.05, 0) is 6.08 Å². The Kier molecular flexibility index (Phi) is 10.8. The van der Waals surface area contributed by atoms with Crippen LogP contribution >= 0.6 is 0 Å². The van der Waals surface area contributed by atoms with Crippen molar-refractivity contribution < 1.29 is 17.4 Å². The number of hydrogen-bond acceptors (Lipinski definition) is 4. The summed E-state index contributed by atoms with van der Waals surface area (Å²) in [6.45, 7) is 9.82. The Balaban J connectivity index is 0. The molecule has 16 heavy (non-hydrogen) atoms. The van der Waals surface area contributed by atoms with Crippen molar-refractivity contribution in [2.75, 3.05) is 19.4 Å². The van der Waals surface area contributed by atoms with E-state index in [9.17, 15) is 13.2 Å². The summed E-state index contributed by atoms with van der Waals surface area (Å²) in [5, 5.41) is 2.36. The van der Waals surface area contributed by atoms with Gasteiger partial charge in [-0.25, -0.2) is 0 Å². The zero-order valence-corrected chi connectivity index (χ0v) is 10.1. The fourth-order valence-corrected chi connectivity index (χ4v) is 1.13. The molecular weight excluding hydrogens is 230 g/mol. The molecule has 0 aliphatic rings. The third-order valence-corrected chi connectivity index (χ3v) is 2.26. The lowest BCUT2D eigenvalue weighted by molar-refractivity contribution is -0.116. The molecule has 0 aromatic carbocycles. The summed E-state index contributed by atoms with van der Waals surface area (Å²) < 4.78 is 25.7. The van der Waals surface area contributed by atoms with Crippen molar-refractivity contribution in [1.82, 2.24) is 5.32 Å². The van der Waals surface area contributed by atoms with Crippen molar-refractivity contribution in [3.8, 4) is 0 Å². The van der Waals surface area contributed by atoms with Crippen LogP contribution in [-0.2, 0) is 19.1 Å². The molecule has 0 aliphatic carbocycles. The Morgan fingerprint density at radius 3 is 2.12 bits per heavy atom. The molecule has 0 rings (SSSR count). The van der Waals surface area contributed by atoms with Crippen molar-refractivity contribution in [3.05, 3.63) is 38.0 Å². The van der Waals surface area contributed by atoms with Crippen LogP contribution in [0, 0.1) is 0 Å². The SMILES string of the molecule is C=CC(=O)NC.C=CCOS(=O)(=O)CC=C. The van der Waals surface area contributed by atoms with Crippen LogP contribution < -0.4 is 5.32 Å². The highest BCUT2D eigenvalue weighted by atomic mass is 32.2. The minimum absolute atomic E-state index is 0.0240. The number of amides is 1. The number of rotatable bonds is 6. The Morgan fingerprint density at radius 1 is 1.31 bits per heavy atom. The fraction of sp³-hybridized carbons (Fsp3) is 0.300. The number of likely N-dealkylation sites (N-methyl/N-ethyl adjacent to an activating group) is 1. The average molecular weight is 247 g/mol. The zero-order valence-electron chi connectivity index (χ0n) is 9.31. The van der Waals surface area contributed by atoms with Crippen LogP contribution in [0.15, 0.2) is 38.0 Å². The van der Waals surface area contributed by atoms with Gasteiger partial charge >= 0.3 is 0 Å². The predicted octanol–water partition coefficient (Wildman–Crippen LogP) is 0.623. The smallest absolute Gasteiger partial charge is 0.271 e. The highest BCUT2D eigenvalue weighted by Crippen LogP contribution is 1.92. The quantitative estimate of drug-likeness (QED) is 0.424. The maximum Gasteiger partial charge on any atom is 0.271 e. The molecule has 92 valence electrons. The molecule has 0 radical (unpaired) electrons. The third kappa shape index (κ3) is 12.6. The maximum atomic E-state index is 10.6. The van der Waals surface area contributed by atoms with E-state index in [1.165, 1.54) is 18.2 Å². The van der Waals surface area contributed by atoms with Crippen molar-refractivity contribution in [2.45, 2.75) is 0 Å². The summed E-state index contributed by atoms with van der Waals surface area (Å²) in [4.78, 5) is 9.95. The molecule has 0 spiro atoms. The van der Waals surface area contributed by atoms with E-state index in [1.807, 2.05) is 0 Å². The Morgan fingerprint density at radius 2 is 1.88 bits per heavy atom. The maximum absolute atomic E-state index is 10.6. The lowest BCUT2D eigenvalue weighted by atomic mass is 10.6. The van der Waals surface area contributed by atoms with E-state index in [-0.39, 0.29) is 18.3 Å². The summed E-state index contributed by atoms with van der Waals surface area (Å²) in [5.41, 5.74) is 0. The van der Waals surface area contributed by atoms with E-state index in [0.717, 1.165) is 0 Å². The second kappa shape index (κ2) is 10.1. The Bertz CT molecular complexity index is 333. The van der Waals surface area contributed by atoms with Crippen LogP contribution in [0.2, 0.25) is 0 Å². The largest absolute Gasteiger partial charge is 0.356 e. The molecule has 6 heteroatoms. The molecule has 0 saturated heterocycles. The first-order valence-corrected chi connectivity index (χ1v) is 5.94. The number of nitrogens with one attached hydrogen (secondary N) is 1. The van der Waals surface area contributed by atoms with Gasteiger partial charge in [-0.3, -0.25) is 8.98 Å². The van der Waals surface area contributed by atoms with Crippen molar-refractivity contribution in [1.29, 1.82) is 0 Å². The van der Waals surface area contributed by atoms with E-state index in [4.69, 9.17) is 0 Å². The van der Waals surface area contributed by atoms with Gasteiger partial charge in [0.25, 0.3) is 10.1 Å². The van der Waals surface area contributed by atoms with Gasteiger partial charge in [0.1, 0.15) is 0 Å². The molecule has 0 unspecified atom stereocenters. The molecule has 0 heterocycles. The predicted molar refractivity (Wildman–Crippen MR) is 64.4 cm³/mol. The van der Waals surface area contributed by atoms with Gasteiger partial charge in [-0.1, -0.05) is 18.7 Å². The first-order chi connectivity index (χ1) is 7.43. The molecule has 1 N–H and O–H groups in total.